The summed E-state index contributed by atoms with van der Waals surface area (Å²) >= 11 is 0. The highest BCUT2D eigenvalue weighted by Crippen LogP contribution is 2.38. The quantitative estimate of drug-likeness (QED) is 0.530. The summed E-state index contributed by atoms with van der Waals surface area (Å²) in [5.74, 6) is 0.488. The molecule has 8 nitrogen and oxygen atoms in total. The van der Waals surface area contributed by atoms with Gasteiger partial charge in [-0.15, -0.1) is 0 Å². The molecule has 34 heavy (non-hydrogen) atoms. The predicted molar refractivity (Wildman–Crippen MR) is 131 cm³/mol. The van der Waals surface area contributed by atoms with E-state index in [0.29, 0.717) is 31.8 Å². The fourth-order valence-electron chi connectivity index (χ4n) is 5.28. The lowest BCUT2D eigenvalue weighted by atomic mass is 9.85. The largest absolute Gasteiger partial charge is 0.327 e. The molecule has 3 amide bonds. The molecule has 8 heteroatoms. The van der Waals surface area contributed by atoms with Crippen LogP contribution in [0.5, 0.6) is 0 Å². The second kappa shape index (κ2) is 10.3. The Hall–Kier alpha value is -2.74. The van der Waals surface area contributed by atoms with Crippen LogP contribution < -0.4 is 0 Å². The van der Waals surface area contributed by atoms with Crippen LogP contribution in [0.3, 0.4) is 0 Å². The van der Waals surface area contributed by atoms with E-state index in [2.05, 4.69) is 35.0 Å². The first kappa shape index (κ1) is 24.4. The van der Waals surface area contributed by atoms with Crippen molar-refractivity contribution in [1.29, 1.82) is 0 Å². The number of rotatable bonds is 9. The molecule has 0 aliphatic carbocycles. The number of aromatic nitrogens is 3. The maximum atomic E-state index is 13.7. The highest BCUT2D eigenvalue weighted by atomic mass is 16.2. The monoisotopic (exact) mass is 466 g/mol. The molecular weight excluding hydrogens is 428 g/mol. The summed E-state index contributed by atoms with van der Waals surface area (Å²) in [4.78, 5) is 37.1. The second-order valence-electron chi connectivity index (χ2n) is 10.3. The molecule has 0 aromatic carbocycles. The van der Waals surface area contributed by atoms with Crippen LogP contribution in [0.4, 0.5) is 4.79 Å². The van der Waals surface area contributed by atoms with E-state index >= 15 is 0 Å². The van der Waals surface area contributed by atoms with Crippen molar-refractivity contribution >= 4 is 11.9 Å². The average Bonchev–Trinajstić information content (AvgIpc) is 3.22. The first-order chi connectivity index (χ1) is 16.3. The van der Waals surface area contributed by atoms with E-state index in [0.717, 1.165) is 44.6 Å². The van der Waals surface area contributed by atoms with Crippen molar-refractivity contribution in [3.63, 3.8) is 0 Å². The van der Waals surface area contributed by atoms with Crippen molar-refractivity contribution in [2.45, 2.75) is 65.0 Å². The van der Waals surface area contributed by atoms with E-state index in [-0.39, 0.29) is 11.9 Å². The Morgan fingerprint density at radius 2 is 1.79 bits per heavy atom. The number of urea groups is 1. The molecule has 0 radical (unpaired) electrons. The Bertz CT molecular complexity index is 994. The summed E-state index contributed by atoms with van der Waals surface area (Å²) in [5, 5.41) is 4.46. The fourth-order valence-corrected chi connectivity index (χ4v) is 5.28. The van der Waals surface area contributed by atoms with Gasteiger partial charge < -0.3 is 4.90 Å². The van der Waals surface area contributed by atoms with Gasteiger partial charge in [-0.25, -0.2) is 4.79 Å². The van der Waals surface area contributed by atoms with Crippen molar-refractivity contribution in [3.8, 4) is 0 Å². The van der Waals surface area contributed by atoms with Gasteiger partial charge in [0.05, 0.1) is 5.69 Å². The number of aryl methyl sites for hydroxylation is 3. The molecule has 0 saturated carbocycles. The van der Waals surface area contributed by atoms with Crippen molar-refractivity contribution < 1.29 is 9.59 Å². The number of carbonyl (C=O) groups is 2. The number of pyridine rings is 1. The molecule has 2 aromatic heterocycles. The van der Waals surface area contributed by atoms with Gasteiger partial charge in [-0.05, 0) is 62.6 Å². The van der Waals surface area contributed by atoms with Crippen LogP contribution >= 0.6 is 0 Å². The van der Waals surface area contributed by atoms with E-state index in [1.54, 1.807) is 12.4 Å². The van der Waals surface area contributed by atoms with Gasteiger partial charge in [-0.1, -0.05) is 13.8 Å². The predicted octanol–water partition coefficient (Wildman–Crippen LogP) is 3.40. The minimum Gasteiger partial charge on any atom is -0.309 e. The van der Waals surface area contributed by atoms with Crippen LogP contribution in [0.25, 0.3) is 0 Å². The molecule has 2 fully saturated rings. The number of hydrogen-bond acceptors (Lipinski definition) is 5. The number of hydrogen-bond donors (Lipinski definition) is 0. The van der Waals surface area contributed by atoms with Gasteiger partial charge in [0.1, 0.15) is 5.54 Å². The van der Waals surface area contributed by atoms with Gasteiger partial charge in [0.2, 0.25) is 0 Å². The van der Waals surface area contributed by atoms with Gasteiger partial charge >= 0.3 is 6.03 Å². The summed E-state index contributed by atoms with van der Waals surface area (Å²) in [6.07, 6.45) is 9.52. The summed E-state index contributed by atoms with van der Waals surface area (Å²) in [7, 11) is 1.94. The molecule has 2 aliphatic heterocycles. The summed E-state index contributed by atoms with van der Waals surface area (Å²) in [6.45, 7) is 9.92. The molecule has 2 aromatic rings. The molecule has 0 bridgehead atoms. The molecule has 184 valence electrons. The van der Waals surface area contributed by atoms with Gasteiger partial charge in [-0.2, -0.15) is 5.10 Å². The number of likely N-dealkylation sites (tertiary alicyclic amines) is 1. The Morgan fingerprint density at radius 1 is 1.09 bits per heavy atom. The molecular formula is C26H38N6O2. The van der Waals surface area contributed by atoms with Crippen LogP contribution in [0.15, 0.2) is 30.7 Å². The zero-order valence-electron chi connectivity index (χ0n) is 21.0. The maximum Gasteiger partial charge on any atom is 0.327 e. The second-order valence-corrected chi connectivity index (χ2v) is 10.3. The van der Waals surface area contributed by atoms with Crippen LogP contribution in [0.2, 0.25) is 0 Å². The van der Waals surface area contributed by atoms with Crippen molar-refractivity contribution in [2.75, 3.05) is 26.2 Å². The number of imide groups is 1. The lowest BCUT2D eigenvalue weighted by Crippen LogP contribution is -2.56. The Labute approximate surface area is 202 Å². The normalized spacial score (nSPS) is 18.6. The summed E-state index contributed by atoms with van der Waals surface area (Å²) in [5.41, 5.74) is 2.76. The van der Waals surface area contributed by atoms with Gasteiger partial charge in [0.25, 0.3) is 5.91 Å². The van der Waals surface area contributed by atoms with E-state index in [1.807, 2.05) is 35.7 Å². The fraction of sp³-hybridized carbons (Fsp3) is 0.615. The Morgan fingerprint density at radius 3 is 2.41 bits per heavy atom. The molecule has 0 N–H and O–H groups in total. The topological polar surface area (TPSA) is 74.6 Å². The smallest absolute Gasteiger partial charge is 0.309 e. The van der Waals surface area contributed by atoms with E-state index in [1.165, 1.54) is 16.0 Å². The molecule has 4 heterocycles. The number of amides is 3. The summed E-state index contributed by atoms with van der Waals surface area (Å²) in [6, 6.07) is 3.88. The Kier molecular flexibility index (Phi) is 7.36. The lowest BCUT2D eigenvalue weighted by Gasteiger charge is -2.42. The third-order valence-electron chi connectivity index (χ3n) is 7.34. The minimum absolute atomic E-state index is 0.00759. The van der Waals surface area contributed by atoms with Crippen molar-refractivity contribution in [2.24, 2.45) is 13.0 Å². The summed E-state index contributed by atoms with van der Waals surface area (Å²) < 4.78 is 1.85. The highest BCUT2D eigenvalue weighted by Gasteiger charge is 2.57. The van der Waals surface area contributed by atoms with E-state index in [9.17, 15) is 9.59 Å². The molecule has 4 rings (SSSR count). The Balaban J connectivity index is 1.44. The molecule has 0 unspecified atom stereocenters. The van der Waals surface area contributed by atoms with Crippen molar-refractivity contribution in [3.05, 3.63) is 47.5 Å². The van der Waals surface area contributed by atoms with Crippen LogP contribution in [0, 0.1) is 12.8 Å². The third-order valence-corrected chi connectivity index (χ3v) is 7.34. The van der Waals surface area contributed by atoms with Gasteiger partial charge in [0, 0.05) is 63.9 Å². The van der Waals surface area contributed by atoms with Gasteiger partial charge in [0.15, 0.2) is 0 Å². The van der Waals surface area contributed by atoms with E-state index in [4.69, 9.17) is 0 Å². The molecule has 0 atom stereocenters. The number of carbonyl (C=O) groups excluding carboxylic acids is 2. The first-order valence-electron chi connectivity index (χ1n) is 12.5. The molecule has 1 spiro atoms. The van der Waals surface area contributed by atoms with E-state index < -0.39 is 5.54 Å². The zero-order valence-corrected chi connectivity index (χ0v) is 21.0. The number of nitrogens with zero attached hydrogens (tertiary/aromatic N) is 6. The number of piperidine rings is 1. The highest BCUT2D eigenvalue weighted by molar-refractivity contribution is 6.07. The lowest BCUT2D eigenvalue weighted by molar-refractivity contribution is -0.135. The molecule has 2 saturated heterocycles. The standard InChI is InChI=1S/C26H38N6O2/c1-20(2)9-15-32-25(34)31(14-5-6-22-7-12-27-13-8-22)24(33)26(32)10-16-30(17-11-26)19-23-18-29(4)28-21(23)3/h7-8,12-13,18,20H,5-6,9-11,14-17,19H2,1-4H3. The first-order valence-corrected chi connectivity index (χ1v) is 12.5. The van der Waals surface area contributed by atoms with Gasteiger partial charge in [-0.3, -0.25) is 24.3 Å². The molecule has 2 aliphatic rings. The minimum atomic E-state index is -0.691. The van der Waals surface area contributed by atoms with Crippen LogP contribution in [-0.2, 0) is 24.8 Å². The third kappa shape index (κ3) is 5.02. The zero-order chi connectivity index (χ0) is 24.3. The van der Waals surface area contributed by atoms with Crippen LogP contribution in [-0.4, -0.2) is 73.1 Å². The van der Waals surface area contributed by atoms with Crippen molar-refractivity contribution in [1.82, 2.24) is 29.5 Å². The SMILES string of the molecule is Cc1nn(C)cc1CN1CCC2(CC1)C(=O)N(CCCc1ccncc1)C(=O)N2CCC(C)C. The van der Waals surface area contributed by atoms with Crippen LogP contribution in [0.1, 0.15) is 56.4 Å². The maximum absolute atomic E-state index is 13.7. The average molecular weight is 467 g/mol.